The molecule has 0 fully saturated rings. The number of nitrogens with zero attached hydrogens (tertiary/aromatic N) is 2. The van der Waals surface area contributed by atoms with E-state index >= 15 is 0 Å². The predicted molar refractivity (Wildman–Crippen MR) is 96.6 cm³/mol. The molecule has 0 saturated heterocycles. The van der Waals surface area contributed by atoms with E-state index in [0.717, 1.165) is 22.7 Å². The van der Waals surface area contributed by atoms with Crippen LogP contribution in [0.15, 0.2) is 48.5 Å². The fourth-order valence-corrected chi connectivity index (χ4v) is 3.78. The van der Waals surface area contributed by atoms with Gasteiger partial charge >= 0.3 is 0 Å². The molecule has 4 rings (SSSR count). The first-order valence-electron chi connectivity index (χ1n) is 8.59. The van der Waals surface area contributed by atoms with Crippen molar-refractivity contribution >= 4 is 5.78 Å². The topological polar surface area (TPSA) is 44.1 Å². The summed E-state index contributed by atoms with van der Waals surface area (Å²) < 4.78 is 20.5. The first kappa shape index (κ1) is 16.5. The van der Waals surface area contributed by atoms with Crippen LogP contribution in [0.5, 0.6) is 5.75 Å². The van der Waals surface area contributed by atoms with Gasteiger partial charge in [0.15, 0.2) is 5.78 Å². The van der Waals surface area contributed by atoms with E-state index in [4.69, 9.17) is 4.74 Å². The summed E-state index contributed by atoms with van der Waals surface area (Å²) in [5.41, 5.74) is 4.07. The lowest BCUT2D eigenvalue weighted by atomic mass is 9.81. The molecule has 1 aromatic heterocycles. The Balaban J connectivity index is 1.80. The minimum atomic E-state index is -0.297. The van der Waals surface area contributed by atoms with Crippen LogP contribution in [-0.2, 0) is 6.42 Å². The molecule has 132 valence electrons. The fourth-order valence-electron chi connectivity index (χ4n) is 3.78. The number of halogens is 1. The highest BCUT2D eigenvalue weighted by molar-refractivity contribution is 6.00. The third kappa shape index (κ3) is 2.69. The number of hydrogen-bond acceptors (Lipinski definition) is 3. The fraction of sp³-hybridized carbons (Fsp3) is 0.238. The molecule has 1 unspecified atom stereocenters. The molecule has 2 aromatic carbocycles. The Morgan fingerprint density at radius 3 is 2.58 bits per heavy atom. The van der Waals surface area contributed by atoms with E-state index in [1.54, 1.807) is 23.9 Å². The Bertz CT molecular complexity index is 976. The van der Waals surface area contributed by atoms with Crippen molar-refractivity contribution in [2.24, 2.45) is 0 Å². The van der Waals surface area contributed by atoms with Crippen LogP contribution in [0.25, 0.3) is 5.69 Å². The highest BCUT2D eigenvalue weighted by Crippen LogP contribution is 2.38. The summed E-state index contributed by atoms with van der Waals surface area (Å²) in [6.45, 7) is 1.85. The average molecular weight is 350 g/mol. The van der Waals surface area contributed by atoms with Gasteiger partial charge in [-0.2, -0.15) is 5.10 Å². The molecule has 1 heterocycles. The van der Waals surface area contributed by atoms with Gasteiger partial charge in [0, 0.05) is 12.3 Å². The van der Waals surface area contributed by atoms with Crippen LogP contribution in [0.3, 0.4) is 0 Å². The van der Waals surface area contributed by atoms with Crippen molar-refractivity contribution in [2.75, 3.05) is 7.11 Å². The molecule has 3 aromatic rings. The highest BCUT2D eigenvalue weighted by atomic mass is 19.1. The molecular weight excluding hydrogens is 331 g/mol. The van der Waals surface area contributed by atoms with Crippen LogP contribution >= 0.6 is 0 Å². The minimum Gasteiger partial charge on any atom is -0.496 e. The molecule has 1 atom stereocenters. The SMILES string of the molecule is COc1ccccc1C1CC(=O)c2c(C)nn(-c3ccc(F)cc3)c2C1. The third-order valence-electron chi connectivity index (χ3n) is 4.96. The normalized spacial score (nSPS) is 16.4. The number of carbonyl (C=O) groups is 1. The summed E-state index contributed by atoms with van der Waals surface area (Å²) in [7, 11) is 1.64. The molecule has 0 amide bonds. The number of methoxy groups -OCH3 is 1. The summed E-state index contributed by atoms with van der Waals surface area (Å²) in [4.78, 5) is 12.8. The van der Waals surface area contributed by atoms with E-state index in [2.05, 4.69) is 5.10 Å². The second-order valence-electron chi connectivity index (χ2n) is 6.57. The molecule has 4 nitrogen and oxygen atoms in total. The molecule has 0 saturated carbocycles. The number of hydrogen-bond donors (Lipinski definition) is 0. The predicted octanol–water partition coefficient (Wildman–Crippen LogP) is 4.24. The zero-order valence-corrected chi connectivity index (χ0v) is 14.7. The summed E-state index contributed by atoms with van der Waals surface area (Å²) in [6.07, 6.45) is 1.11. The maximum absolute atomic E-state index is 13.3. The number of benzene rings is 2. The van der Waals surface area contributed by atoms with Crippen LogP contribution in [0, 0.1) is 12.7 Å². The number of Topliss-reactive ketones (excluding diaryl/α,β-unsaturated/α-hetero) is 1. The molecule has 1 aliphatic rings. The van der Waals surface area contributed by atoms with Gasteiger partial charge in [-0.15, -0.1) is 0 Å². The molecular formula is C21H19FN2O2. The first-order chi connectivity index (χ1) is 12.6. The molecule has 0 aliphatic heterocycles. The maximum Gasteiger partial charge on any atom is 0.167 e. The van der Waals surface area contributed by atoms with Crippen LogP contribution < -0.4 is 4.74 Å². The van der Waals surface area contributed by atoms with Crippen molar-refractivity contribution in [3.63, 3.8) is 0 Å². The number of aryl methyl sites for hydroxylation is 1. The van der Waals surface area contributed by atoms with Gasteiger partial charge in [-0.05, 0) is 49.2 Å². The van der Waals surface area contributed by atoms with E-state index in [-0.39, 0.29) is 17.5 Å². The number of fused-ring (bicyclic) bond motifs is 1. The van der Waals surface area contributed by atoms with E-state index in [0.29, 0.717) is 24.1 Å². The van der Waals surface area contributed by atoms with E-state index < -0.39 is 0 Å². The molecule has 26 heavy (non-hydrogen) atoms. The van der Waals surface area contributed by atoms with E-state index in [9.17, 15) is 9.18 Å². The Hall–Kier alpha value is -2.95. The zero-order valence-electron chi connectivity index (χ0n) is 14.7. The quantitative estimate of drug-likeness (QED) is 0.710. The lowest BCUT2D eigenvalue weighted by molar-refractivity contribution is 0.0963. The van der Waals surface area contributed by atoms with Gasteiger partial charge in [-0.25, -0.2) is 9.07 Å². The monoisotopic (exact) mass is 350 g/mol. The lowest BCUT2D eigenvalue weighted by Crippen LogP contribution is -2.21. The summed E-state index contributed by atoms with van der Waals surface area (Å²) in [6, 6.07) is 14.0. The molecule has 0 bridgehead atoms. The van der Waals surface area contributed by atoms with Crippen molar-refractivity contribution < 1.29 is 13.9 Å². The Labute approximate surface area is 151 Å². The van der Waals surface area contributed by atoms with Gasteiger partial charge in [0.25, 0.3) is 0 Å². The summed E-state index contributed by atoms with van der Waals surface area (Å²) in [5.74, 6) is 0.613. The van der Waals surface area contributed by atoms with E-state index in [1.165, 1.54) is 12.1 Å². The number of ketones is 1. The second-order valence-corrected chi connectivity index (χ2v) is 6.57. The van der Waals surface area contributed by atoms with Crippen LogP contribution in [-0.4, -0.2) is 22.7 Å². The van der Waals surface area contributed by atoms with Crippen LogP contribution in [0.1, 0.15) is 39.6 Å². The third-order valence-corrected chi connectivity index (χ3v) is 4.96. The number of rotatable bonds is 3. The van der Waals surface area contributed by atoms with E-state index in [1.807, 2.05) is 31.2 Å². The largest absolute Gasteiger partial charge is 0.496 e. The van der Waals surface area contributed by atoms with Gasteiger partial charge < -0.3 is 4.74 Å². The van der Waals surface area contributed by atoms with Crippen molar-refractivity contribution in [3.8, 4) is 11.4 Å². The van der Waals surface area contributed by atoms with Gasteiger partial charge in [-0.3, -0.25) is 4.79 Å². The van der Waals surface area contributed by atoms with Gasteiger partial charge in [-0.1, -0.05) is 18.2 Å². The van der Waals surface area contributed by atoms with Crippen LogP contribution in [0.2, 0.25) is 0 Å². The molecule has 5 heteroatoms. The smallest absolute Gasteiger partial charge is 0.167 e. The van der Waals surface area contributed by atoms with Gasteiger partial charge in [0.2, 0.25) is 0 Å². The number of ether oxygens (including phenoxy) is 1. The van der Waals surface area contributed by atoms with Crippen molar-refractivity contribution in [1.82, 2.24) is 9.78 Å². The van der Waals surface area contributed by atoms with Gasteiger partial charge in [0.1, 0.15) is 11.6 Å². The lowest BCUT2D eigenvalue weighted by Gasteiger charge is -2.24. The summed E-state index contributed by atoms with van der Waals surface area (Å²) >= 11 is 0. The molecule has 0 spiro atoms. The number of aromatic nitrogens is 2. The van der Waals surface area contributed by atoms with Crippen molar-refractivity contribution in [1.29, 1.82) is 0 Å². The van der Waals surface area contributed by atoms with Gasteiger partial charge in [0.05, 0.1) is 29.7 Å². The summed E-state index contributed by atoms with van der Waals surface area (Å²) in [5, 5.41) is 4.56. The first-order valence-corrected chi connectivity index (χ1v) is 8.59. The van der Waals surface area contributed by atoms with Crippen molar-refractivity contribution in [2.45, 2.75) is 25.7 Å². The maximum atomic E-state index is 13.3. The zero-order chi connectivity index (χ0) is 18.3. The second kappa shape index (κ2) is 6.41. The Kier molecular flexibility index (Phi) is 4.07. The molecule has 0 N–H and O–H groups in total. The minimum absolute atomic E-state index is 0.0291. The Morgan fingerprint density at radius 1 is 1.12 bits per heavy atom. The number of para-hydroxylation sites is 1. The number of carbonyl (C=O) groups excluding carboxylic acids is 1. The van der Waals surface area contributed by atoms with Crippen molar-refractivity contribution in [3.05, 3.63) is 76.9 Å². The van der Waals surface area contributed by atoms with Crippen LogP contribution in [0.4, 0.5) is 4.39 Å². The standard InChI is InChI=1S/C21H19FN2O2/c1-13-21-18(24(23-13)16-9-7-15(22)8-10-16)11-14(12-19(21)25)17-5-3-4-6-20(17)26-2/h3-10,14H,11-12H2,1-2H3. The average Bonchev–Trinajstić information content (AvgIpc) is 2.99. The molecule has 1 aliphatic carbocycles. The Morgan fingerprint density at radius 2 is 1.85 bits per heavy atom. The molecule has 0 radical (unpaired) electrons. The highest BCUT2D eigenvalue weighted by Gasteiger charge is 2.33.